The molecule has 0 aliphatic carbocycles. The van der Waals surface area contributed by atoms with Crippen LogP contribution >= 0.6 is 11.9 Å². The topological polar surface area (TPSA) is 44.4 Å². The number of fused-ring (bicyclic) bond motifs is 1. The van der Waals surface area contributed by atoms with Crippen molar-refractivity contribution >= 4 is 18.4 Å². The largest absolute Gasteiger partial charge is 0.343 e. The number of allylic oxidation sites excluding steroid dienone is 2. The maximum atomic E-state index is 11.0. The molecule has 0 aromatic rings. The highest BCUT2D eigenvalue weighted by molar-refractivity contribution is 8.01. The van der Waals surface area contributed by atoms with Crippen molar-refractivity contribution in [2.45, 2.75) is 12.5 Å². The zero-order valence-electron chi connectivity index (χ0n) is 9.63. The van der Waals surface area contributed by atoms with Crippen LogP contribution in [0.5, 0.6) is 0 Å². The third-order valence-corrected chi connectivity index (χ3v) is 4.82. The van der Waals surface area contributed by atoms with E-state index in [1.165, 1.54) is 11.3 Å². The van der Waals surface area contributed by atoms with Crippen LogP contribution in [0.1, 0.15) is 6.42 Å². The van der Waals surface area contributed by atoms with Crippen molar-refractivity contribution in [3.8, 4) is 0 Å². The summed E-state index contributed by atoms with van der Waals surface area (Å²) in [7, 11) is 0. The van der Waals surface area contributed by atoms with Crippen LogP contribution < -0.4 is 10.0 Å². The molecule has 1 amide bonds. The molecular formula is C12H17N3OS. The van der Waals surface area contributed by atoms with Gasteiger partial charge in [-0.1, -0.05) is 0 Å². The van der Waals surface area contributed by atoms with Crippen LogP contribution in [0.25, 0.3) is 0 Å². The van der Waals surface area contributed by atoms with Gasteiger partial charge in [0.25, 0.3) is 0 Å². The van der Waals surface area contributed by atoms with E-state index in [1.54, 1.807) is 11.9 Å². The average molecular weight is 251 g/mol. The quantitative estimate of drug-likeness (QED) is 0.560. The number of piperidine rings is 1. The maximum absolute atomic E-state index is 11.0. The van der Waals surface area contributed by atoms with Crippen molar-refractivity contribution in [2.24, 2.45) is 11.8 Å². The van der Waals surface area contributed by atoms with Crippen molar-refractivity contribution in [3.05, 3.63) is 23.3 Å². The van der Waals surface area contributed by atoms with Gasteiger partial charge in [0.15, 0.2) is 0 Å². The summed E-state index contributed by atoms with van der Waals surface area (Å²) in [6.45, 7) is 2.81. The second-order valence-electron chi connectivity index (χ2n) is 4.83. The Morgan fingerprint density at radius 2 is 2.41 bits per heavy atom. The highest BCUT2D eigenvalue weighted by atomic mass is 32.2. The molecule has 0 spiro atoms. The molecule has 4 nitrogen and oxygen atoms in total. The molecule has 17 heavy (non-hydrogen) atoms. The number of hydrogen-bond donors (Lipinski definition) is 2. The van der Waals surface area contributed by atoms with E-state index in [0.29, 0.717) is 17.9 Å². The fourth-order valence-electron chi connectivity index (χ4n) is 3.09. The Labute approximate surface area is 106 Å². The summed E-state index contributed by atoms with van der Waals surface area (Å²) < 4.78 is 3.19. The van der Waals surface area contributed by atoms with Gasteiger partial charge < -0.3 is 14.9 Å². The summed E-state index contributed by atoms with van der Waals surface area (Å²) in [6, 6.07) is 0.478. The summed E-state index contributed by atoms with van der Waals surface area (Å²) in [5, 5.41) is 3.52. The number of hydrogen-bond acceptors (Lipinski definition) is 4. The molecular weight excluding hydrogens is 234 g/mol. The Hall–Kier alpha value is -0.940. The van der Waals surface area contributed by atoms with Crippen molar-refractivity contribution in [1.29, 1.82) is 0 Å². The van der Waals surface area contributed by atoms with Gasteiger partial charge in [-0.05, 0) is 43.0 Å². The van der Waals surface area contributed by atoms with Gasteiger partial charge in [0, 0.05) is 36.2 Å². The van der Waals surface area contributed by atoms with Crippen LogP contribution in [0.2, 0.25) is 0 Å². The van der Waals surface area contributed by atoms with Crippen molar-refractivity contribution < 1.29 is 4.79 Å². The first-order valence-electron chi connectivity index (χ1n) is 6.10. The molecule has 0 saturated carbocycles. The molecule has 1 unspecified atom stereocenters. The van der Waals surface area contributed by atoms with Gasteiger partial charge in [-0.2, -0.15) is 0 Å². The van der Waals surface area contributed by atoms with Gasteiger partial charge >= 0.3 is 0 Å². The van der Waals surface area contributed by atoms with Gasteiger partial charge in [-0.15, -0.1) is 0 Å². The van der Waals surface area contributed by atoms with Gasteiger partial charge in [0.05, 0.1) is 0 Å². The summed E-state index contributed by atoms with van der Waals surface area (Å²) >= 11 is 1.69. The van der Waals surface area contributed by atoms with Crippen LogP contribution in [0.3, 0.4) is 0 Å². The molecule has 3 rings (SSSR count). The molecule has 2 fully saturated rings. The van der Waals surface area contributed by atoms with E-state index in [9.17, 15) is 4.79 Å². The number of carbonyl (C=O) groups excluding carboxylic acids is 1. The Bertz CT molecular complexity index is 369. The van der Waals surface area contributed by atoms with E-state index in [2.05, 4.69) is 16.1 Å². The summed E-state index contributed by atoms with van der Waals surface area (Å²) in [4.78, 5) is 14.3. The lowest BCUT2D eigenvalue weighted by molar-refractivity contribution is -0.120. The highest BCUT2D eigenvalue weighted by Gasteiger charge is 2.41. The Morgan fingerprint density at radius 1 is 1.47 bits per heavy atom. The molecule has 5 heteroatoms. The lowest BCUT2D eigenvalue weighted by Gasteiger charge is -2.40. The average Bonchev–Trinajstić information content (AvgIpc) is 2.86. The normalized spacial score (nSPS) is 36.1. The minimum absolute atomic E-state index is 0.478. The van der Waals surface area contributed by atoms with Gasteiger partial charge in [0.1, 0.15) is 0 Å². The zero-order chi connectivity index (χ0) is 11.7. The lowest BCUT2D eigenvalue weighted by Crippen LogP contribution is -2.50. The number of rotatable bonds is 2. The van der Waals surface area contributed by atoms with Gasteiger partial charge in [-0.3, -0.25) is 4.79 Å². The van der Waals surface area contributed by atoms with Crippen LogP contribution in [0.4, 0.5) is 0 Å². The molecule has 0 radical (unpaired) electrons. The standard InChI is InChI=1S/C12H17N3OS/c16-8-15-6-10(12-2-1-4-14-17-12)9-3-5-13-11(9)7-15/h1-2,4,8-11,13-14H,3,5-7H2/t9-,10?,11+/m0/s1. The van der Waals surface area contributed by atoms with E-state index < -0.39 is 0 Å². The monoisotopic (exact) mass is 251 g/mol. The SMILES string of the molecule is O=CN1CC(C2=CC=CNS2)[C@@H]2CCN[C@@H]2C1. The van der Waals surface area contributed by atoms with E-state index in [1.807, 2.05) is 17.2 Å². The smallest absolute Gasteiger partial charge is 0.209 e. The number of nitrogens with one attached hydrogen (secondary N) is 2. The molecule has 0 aromatic carbocycles. The summed E-state index contributed by atoms with van der Waals surface area (Å²) in [6.07, 6.45) is 8.38. The van der Waals surface area contributed by atoms with E-state index in [4.69, 9.17) is 0 Å². The van der Waals surface area contributed by atoms with E-state index in [0.717, 1.165) is 26.0 Å². The molecule has 0 bridgehead atoms. The Morgan fingerprint density at radius 3 is 3.18 bits per heavy atom. The number of amides is 1. The van der Waals surface area contributed by atoms with Gasteiger partial charge in [-0.25, -0.2) is 0 Å². The first-order chi connectivity index (χ1) is 8.38. The minimum atomic E-state index is 0.478. The Kier molecular flexibility index (Phi) is 3.11. The summed E-state index contributed by atoms with van der Waals surface area (Å²) in [5.74, 6) is 1.16. The summed E-state index contributed by atoms with van der Waals surface area (Å²) in [5.41, 5.74) is 0. The highest BCUT2D eigenvalue weighted by Crippen LogP contribution is 2.38. The molecule has 0 aromatic heterocycles. The van der Waals surface area contributed by atoms with Crippen molar-refractivity contribution in [1.82, 2.24) is 14.9 Å². The third-order valence-electron chi connectivity index (χ3n) is 3.90. The van der Waals surface area contributed by atoms with Crippen molar-refractivity contribution in [2.75, 3.05) is 19.6 Å². The number of carbonyl (C=O) groups is 1. The third kappa shape index (κ3) is 2.09. The lowest BCUT2D eigenvalue weighted by atomic mass is 9.82. The molecule has 3 atom stereocenters. The van der Waals surface area contributed by atoms with Gasteiger partial charge in [0.2, 0.25) is 6.41 Å². The van der Waals surface area contributed by atoms with E-state index in [-0.39, 0.29) is 0 Å². The number of likely N-dealkylation sites (tertiary alicyclic amines) is 1. The fourth-order valence-corrected chi connectivity index (χ4v) is 3.92. The first-order valence-corrected chi connectivity index (χ1v) is 6.92. The molecule has 2 N–H and O–H groups in total. The van der Waals surface area contributed by atoms with Crippen LogP contribution in [-0.2, 0) is 4.79 Å². The fraction of sp³-hybridized carbons (Fsp3) is 0.583. The predicted molar refractivity (Wildman–Crippen MR) is 69.0 cm³/mol. The van der Waals surface area contributed by atoms with E-state index >= 15 is 0 Å². The molecule has 2 saturated heterocycles. The first kappa shape index (κ1) is 11.2. The second-order valence-corrected chi connectivity index (χ2v) is 5.74. The van der Waals surface area contributed by atoms with Crippen LogP contribution in [0.15, 0.2) is 23.3 Å². The molecule has 3 aliphatic rings. The number of nitrogens with zero attached hydrogens (tertiary/aromatic N) is 1. The van der Waals surface area contributed by atoms with Crippen LogP contribution in [-0.4, -0.2) is 37.0 Å². The molecule has 3 aliphatic heterocycles. The molecule has 3 heterocycles. The van der Waals surface area contributed by atoms with Crippen molar-refractivity contribution in [3.63, 3.8) is 0 Å². The van der Waals surface area contributed by atoms with Crippen LogP contribution in [0, 0.1) is 11.8 Å². The maximum Gasteiger partial charge on any atom is 0.209 e. The zero-order valence-corrected chi connectivity index (χ0v) is 10.5. The Balaban J connectivity index is 1.82. The molecule has 92 valence electrons. The second kappa shape index (κ2) is 4.74. The minimum Gasteiger partial charge on any atom is -0.343 e. The predicted octanol–water partition coefficient (Wildman–Crippen LogP) is 0.702.